The van der Waals surface area contributed by atoms with E-state index >= 15 is 0 Å². The minimum Gasteiger partial charge on any atom is -0.318 e. The lowest BCUT2D eigenvalue weighted by molar-refractivity contribution is -0.385. The van der Waals surface area contributed by atoms with Crippen molar-refractivity contribution in [2.24, 2.45) is 0 Å². The first-order chi connectivity index (χ1) is 11.3. The molecule has 0 saturated carbocycles. The smallest absolute Gasteiger partial charge is 0.272 e. The van der Waals surface area contributed by atoms with E-state index < -0.39 is 0 Å². The predicted octanol–water partition coefficient (Wildman–Crippen LogP) is 2.23. The van der Waals surface area contributed by atoms with Gasteiger partial charge in [0, 0.05) is 37.8 Å². The van der Waals surface area contributed by atoms with Crippen LogP contribution in [0.4, 0.5) is 5.69 Å². The van der Waals surface area contributed by atoms with E-state index in [-0.39, 0.29) is 10.6 Å². The van der Waals surface area contributed by atoms with Gasteiger partial charge < -0.3 is 15.1 Å². The average molecular weight is 336 g/mol. The Morgan fingerprint density at radius 1 is 1.04 bits per heavy atom. The normalized spacial score (nSPS) is 11.5. The molecule has 0 fully saturated rings. The predicted molar refractivity (Wildman–Crippen MR) is 99.8 cm³/mol. The van der Waals surface area contributed by atoms with E-state index in [1.165, 1.54) is 0 Å². The Bertz CT molecular complexity index is 534. The molecule has 0 spiro atoms. The molecule has 0 unspecified atom stereocenters. The van der Waals surface area contributed by atoms with Crippen molar-refractivity contribution >= 4 is 5.69 Å². The zero-order valence-electron chi connectivity index (χ0n) is 15.8. The van der Waals surface area contributed by atoms with Crippen LogP contribution in [0.3, 0.4) is 0 Å². The first-order valence-electron chi connectivity index (χ1n) is 8.61. The molecule has 136 valence electrons. The maximum atomic E-state index is 11.2. The summed E-state index contributed by atoms with van der Waals surface area (Å²) in [4.78, 5) is 15.6. The van der Waals surface area contributed by atoms with E-state index in [9.17, 15) is 10.1 Å². The number of nitrogens with zero attached hydrogens (tertiary/aromatic N) is 3. The third-order valence-corrected chi connectivity index (χ3v) is 4.48. The molecule has 0 atom stereocenters. The van der Waals surface area contributed by atoms with Crippen LogP contribution in [0, 0.1) is 24.0 Å². The number of aryl methyl sites for hydroxylation is 3. The van der Waals surface area contributed by atoms with E-state index in [4.69, 9.17) is 0 Å². The van der Waals surface area contributed by atoms with E-state index in [1.54, 1.807) is 6.07 Å². The average Bonchev–Trinajstić information content (AvgIpc) is 2.53. The van der Waals surface area contributed by atoms with Crippen molar-refractivity contribution in [2.75, 3.05) is 53.9 Å². The summed E-state index contributed by atoms with van der Waals surface area (Å²) in [5.74, 6) is 0. The number of likely N-dealkylation sites (N-methyl/N-ethyl adjacent to an activating group) is 3. The SMILES string of the molecule is CNCCN(C)CCN(C)CCCc1cc(C)c(C)cc1[N+](=O)[O-]. The summed E-state index contributed by atoms with van der Waals surface area (Å²) in [6, 6.07) is 3.67. The van der Waals surface area contributed by atoms with Crippen molar-refractivity contribution in [3.05, 3.63) is 38.9 Å². The first-order valence-corrected chi connectivity index (χ1v) is 8.61. The molecule has 0 aliphatic heterocycles. The molecular formula is C18H32N4O2. The summed E-state index contributed by atoms with van der Waals surface area (Å²) in [7, 11) is 6.20. The number of rotatable bonds is 11. The highest BCUT2D eigenvalue weighted by Gasteiger charge is 2.15. The molecule has 0 saturated heterocycles. The molecule has 1 aromatic carbocycles. The van der Waals surface area contributed by atoms with Gasteiger partial charge in [-0.2, -0.15) is 0 Å². The van der Waals surface area contributed by atoms with Gasteiger partial charge in [0.05, 0.1) is 4.92 Å². The van der Waals surface area contributed by atoms with Crippen LogP contribution in [-0.2, 0) is 6.42 Å². The number of nitro groups is 1. The van der Waals surface area contributed by atoms with Gasteiger partial charge in [-0.3, -0.25) is 10.1 Å². The Balaban J connectivity index is 2.44. The third kappa shape index (κ3) is 6.95. The van der Waals surface area contributed by atoms with Crippen molar-refractivity contribution in [2.45, 2.75) is 26.7 Å². The highest BCUT2D eigenvalue weighted by molar-refractivity contribution is 5.46. The minimum absolute atomic E-state index is 0.257. The summed E-state index contributed by atoms with van der Waals surface area (Å²) in [6.45, 7) is 8.96. The van der Waals surface area contributed by atoms with Gasteiger partial charge in [0.1, 0.15) is 0 Å². The fourth-order valence-electron chi connectivity index (χ4n) is 2.64. The topological polar surface area (TPSA) is 61.6 Å². The summed E-state index contributed by atoms with van der Waals surface area (Å²) in [5, 5.41) is 14.4. The van der Waals surface area contributed by atoms with Crippen LogP contribution >= 0.6 is 0 Å². The second-order valence-electron chi connectivity index (χ2n) is 6.64. The third-order valence-electron chi connectivity index (χ3n) is 4.48. The minimum atomic E-state index is -0.262. The molecule has 0 bridgehead atoms. The number of nitro benzene ring substituents is 1. The van der Waals surface area contributed by atoms with Gasteiger partial charge in [0.2, 0.25) is 0 Å². The van der Waals surface area contributed by atoms with E-state index in [2.05, 4.69) is 29.2 Å². The van der Waals surface area contributed by atoms with Crippen LogP contribution in [0.2, 0.25) is 0 Å². The largest absolute Gasteiger partial charge is 0.318 e. The molecule has 0 aliphatic carbocycles. The van der Waals surface area contributed by atoms with Gasteiger partial charge >= 0.3 is 0 Å². The lowest BCUT2D eigenvalue weighted by Gasteiger charge is -2.22. The molecule has 0 aromatic heterocycles. The molecule has 1 rings (SSSR count). The summed E-state index contributed by atoms with van der Waals surface area (Å²) in [6.07, 6.45) is 1.68. The van der Waals surface area contributed by atoms with Gasteiger partial charge in [-0.15, -0.1) is 0 Å². The molecule has 6 heteroatoms. The van der Waals surface area contributed by atoms with Gasteiger partial charge in [-0.25, -0.2) is 0 Å². The summed E-state index contributed by atoms with van der Waals surface area (Å²) < 4.78 is 0. The Kier molecular flexibility index (Phi) is 8.89. The maximum absolute atomic E-state index is 11.2. The molecule has 0 radical (unpaired) electrons. The molecule has 0 amide bonds. The van der Waals surface area contributed by atoms with Crippen LogP contribution in [0.15, 0.2) is 12.1 Å². The molecule has 1 N–H and O–H groups in total. The van der Waals surface area contributed by atoms with E-state index in [0.717, 1.165) is 62.3 Å². The van der Waals surface area contributed by atoms with Gasteiger partial charge in [-0.05, 0) is 71.6 Å². The van der Waals surface area contributed by atoms with Crippen LogP contribution in [0.25, 0.3) is 0 Å². The van der Waals surface area contributed by atoms with Crippen LogP contribution < -0.4 is 5.32 Å². The standard InChI is InChI=1S/C18H32N4O2/c1-15-13-17(18(22(23)24)14-16(15)2)7-6-9-20(4)11-12-21(5)10-8-19-3/h13-14,19H,6-12H2,1-5H3. The molecule has 1 aromatic rings. The van der Waals surface area contributed by atoms with Crippen molar-refractivity contribution in [1.29, 1.82) is 0 Å². The second-order valence-corrected chi connectivity index (χ2v) is 6.64. The lowest BCUT2D eigenvalue weighted by Crippen LogP contribution is -2.34. The lowest BCUT2D eigenvalue weighted by atomic mass is 10.0. The maximum Gasteiger partial charge on any atom is 0.272 e. The monoisotopic (exact) mass is 336 g/mol. The van der Waals surface area contributed by atoms with Gasteiger partial charge in [-0.1, -0.05) is 0 Å². The highest BCUT2D eigenvalue weighted by Crippen LogP contribution is 2.24. The number of benzene rings is 1. The number of hydrogen-bond donors (Lipinski definition) is 1. The molecule has 6 nitrogen and oxygen atoms in total. The Morgan fingerprint density at radius 2 is 1.62 bits per heavy atom. The highest BCUT2D eigenvalue weighted by atomic mass is 16.6. The molecule has 24 heavy (non-hydrogen) atoms. The second kappa shape index (κ2) is 10.4. The number of hydrogen-bond acceptors (Lipinski definition) is 5. The first kappa shape index (κ1) is 20.5. The summed E-state index contributed by atoms with van der Waals surface area (Å²) in [5.41, 5.74) is 3.21. The van der Waals surface area contributed by atoms with Crippen molar-refractivity contribution < 1.29 is 4.92 Å². The summed E-state index contributed by atoms with van der Waals surface area (Å²) >= 11 is 0. The van der Waals surface area contributed by atoms with Crippen molar-refractivity contribution in [1.82, 2.24) is 15.1 Å². The quantitative estimate of drug-likeness (QED) is 0.496. The van der Waals surface area contributed by atoms with Gasteiger partial charge in [0.15, 0.2) is 0 Å². The Labute approximate surface area is 146 Å². The fraction of sp³-hybridized carbons (Fsp3) is 0.667. The zero-order valence-corrected chi connectivity index (χ0v) is 15.8. The molecule has 0 aliphatic rings. The van der Waals surface area contributed by atoms with Gasteiger partial charge in [0.25, 0.3) is 5.69 Å². The van der Waals surface area contributed by atoms with Crippen molar-refractivity contribution in [3.8, 4) is 0 Å². The Morgan fingerprint density at radius 3 is 2.21 bits per heavy atom. The fourth-order valence-corrected chi connectivity index (χ4v) is 2.64. The van der Waals surface area contributed by atoms with Crippen LogP contribution in [-0.4, -0.2) is 68.6 Å². The zero-order chi connectivity index (χ0) is 18.1. The Hall–Kier alpha value is -1.50. The van der Waals surface area contributed by atoms with Crippen molar-refractivity contribution in [3.63, 3.8) is 0 Å². The van der Waals surface area contributed by atoms with E-state index in [1.807, 2.05) is 27.0 Å². The van der Waals surface area contributed by atoms with Crippen LogP contribution in [0.5, 0.6) is 0 Å². The van der Waals surface area contributed by atoms with Crippen LogP contribution in [0.1, 0.15) is 23.1 Å². The molecular weight excluding hydrogens is 304 g/mol. The number of nitrogens with one attached hydrogen (secondary N) is 1. The molecule has 0 heterocycles. The van der Waals surface area contributed by atoms with E-state index in [0.29, 0.717) is 0 Å².